The number of carbonyl (C=O) groups is 3. The van der Waals surface area contributed by atoms with Crippen LogP contribution in [0.1, 0.15) is 73.1 Å². The van der Waals surface area contributed by atoms with Crippen LogP contribution in [0.3, 0.4) is 0 Å². The van der Waals surface area contributed by atoms with Crippen LogP contribution in [0, 0.1) is 0 Å². The predicted octanol–water partition coefficient (Wildman–Crippen LogP) is 6.49. The zero-order valence-electron chi connectivity index (χ0n) is 22.4. The van der Waals surface area contributed by atoms with Crippen molar-refractivity contribution >= 4 is 54.2 Å². The molecule has 8 nitrogen and oxygen atoms in total. The van der Waals surface area contributed by atoms with Crippen LogP contribution in [0.25, 0.3) is 10.9 Å². The molecule has 198 valence electrons. The van der Waals surface area contributed by atoms with Crippen LogP contribution in [0.4, 0.5) is 5.69 Å². The second kappa shape index (κ2) is 11.2. The van der Waals surface area contributed by atoms with Crippen molar-refractivity contribution in [2.75, 3.05) is 11.9 Å². The summed E-state index contributed by atoms with van der Waals surface area (Å²) in [6.07, 6.45) is 1.72. The minimum absolute atomic E-state index is 0.00304. The third-order valence-electron chi connectivity index (χ3n) is 6.67. The highest BCUT2D eigenvalue weighted by molar-refractivity contribution is 6.74. The molecule has 0 saturated carbocycles. The molecule has 0 fully saturated rings. The largest absolute Gasteiger partial charge is 0.462 e. The molecule has 0 unspecified atom stereocenters. The van der Waals surface area contributed by atoms with Crippen molar-refractivity contribution in [2.24, 2.45) is 0 Å². The SMILES string of the molecule is CCOC(=O)c1cc(Cl)cc2[nH]c(C(=O)c3ncccc3CO[Si](C)(C)C(C)(C)C)c(NC(=O)CC)c12. The average molecular weight is 544 g/mol. The average Bonchev–Trinajstić information content (AvgIpc) is 3.18. The molecule has 37 heavy (non-hydrogen) atoms. The van der Waals surface area contributed by atoms with Gasteiger partial charge in [0.25, 0.3) is 0 Å². The molecule has 3 rings (SSSR count). The molecule has 0 atom stereocenters. The number of ether oxygens (including phenoxy) is 1. The summed E-state index contributed by atoms with van der Waals surface area (Å²) in [6, 6.07) is 6.62. The number of aromatic nitrogens is 2. The van der Waals surface area contributed by atoms with E-state index in [9.17, 15) is 14.4 Å². The molecule has 2 aromatic heterocycles. The Morgan fingerprint density at radius 2 is 1.86 bits per heavy atom. The Bertz CT molecular complexity index is 1340. The number of hydrogen-bond acceptors (Lipinski definition) is 6. The molecule has 0 bridgehead atoms. The van der Waals surface area contributed by atoms with Crippen molar-refractivity contribution in [3.63, 3.8) is 0 Å². The van der Waals surface area contributed by atoms with Gasteiger partial charge in [0.1, 0.15) is 11.4 Å². The summed E-state index contributed by atoms with van der Waals surface area (Å²) in [4.78, 5) is 46.6. The molecule has 0 aliphatic carbocycles. The smallest absolute Gasteiger partial charge is 0.338 e. The topological polar surface area (TPSA) is 110 Å². The molecule has 3 aromatic rings. The molecule has 2 heterocycles. The second-order valence-corrected chi connectivity index (χ2v) is 15.5. The summed E-state index contributed by atoms with van der Waals surface area (Å²) < 4.78 is 11.6. The first kappa shape index (κ1) is 28.6. The van der Waals surface area contributed by atoms with E-state index < -0.39 is 20.1 Å². The molecule has 0 radical (unpaired) electrons. The van der Waals surface area contributed by atoms with Crippen LogP contribution >= 0.6 is 11.6 Å². The highest BCUT2D eigenvalue weighted by Crippen LogP contribution is 2.38. The van der Waals surface area contributed by atoms with Gasteiger partial charge in [0, 0.05) is 28.6 Å². The fourth-order valence-electron chi connectivity index (χ4n) is 3.54. The minimum atomic E-state index is -2.09. The number of amides is 1. The zero-order chi connectivity index (χ0) is 27.5. The van der Waals surface area contributed by atoms with Gasteiger partial charge < -0.3 is 19.5 Å². The Morgan fingerprint density at radius 3 is 2.49 bits per heavy atom. The molecule has 0 spiro atoms. The molecule has 0 aliphatic heterocycles. The Kier molecular flexibility index (Phi) is 8.62. The standard InChI is InChI=1S/C27H34ClN3O5Si/c1-8-20(32)31-23-21-18(26(34)35-9-2)13-17(28)14-19(21)30-24(23)25(33)22-16(11-10-12-29-22)15-36-37(6,7)27(3,4)5/h10-14,30H,8-9,15H2,1-7H3,(H,31,32). The maximum atomic E-state index is 13.9. The third kappa shape index (κ3) is 6.11. The minimum Gasteiger partial charge on any atom is -0.462 e. The molecular formula is C27H34ClN3O5Si. The molecule has 1 aromatic carbocycles. The number of pyridine rings is 1. The maximum absolute atomic E-state index is 13.9. The number of hydrogen-bond donors (Lipinski definition) is 2. The maximum Gasteiger partial charge on any atom is 0.338 e. The monoisotopic (exact) mass is 543 g/mol. The number of aromatic amines is 1. The predicted molar refractivity (Wildman–Crippen MR) is 148 cm³/mol. The lowest BCUT2D eigenvalue weighted by molar-refractivity contribution is -0.115. The molecule has 0 saturated heterocycles. The molecule has 2 N–H and O–H groups in total. The summed E-state index contributed by atoms with van der Waals surface area (Å²) >= 11 is 6.28. The van der Waals surface area contributed by atoms with E-state index in [0.717, 1.165) is 0 Å². The van der Waals surface area contributed by atoms with E-state index >= 15 is 0 Å². The Labute approximate surface area is 223 Å². The molecular weight excluding hydrogens is 510 g/mol. The number of esters is 1. The third-order valence-corrected chi connectivity index (χ3v) is 11.4. The van der Waals surface area contributed by atoms with E-state index in [1.165, 1.54) is 12.3 Å². The summed E-state index contributed by atoms with van der Waals surface area (Å²) in [5.41, 5.74) is 1.68. The van der Waals surface area contributed by atoms with Gasteiger partial charge in [-0.1, -0.05) is 45.4 Å². The number of fused-ring (bicyclic) bond motifs is 1. The highest BCUT2D eigenvalue weighted by Gasteiger charge is 2.37. The number of rotatable bonds is 9. The van der Waals surface area contributed by atoms with Gasteiger partial charge in [-0.05, 0) is 43.3 Å². The van der Waals surface area contributed by atoms with E-state index in [2.05, 4.69) is 49.1 Å². The Balaban J connectivity index is 2.16. The van der Waals surface area contributed by atoms with Crippen LogP contribution in [0.2, 0.25) is 23.2 Å². The normalized spacial score (nSPS) is 12.0. The van der Waals surface area contributed by atoms with Gasteiger partial charge in [0.15, 0.2) is 8.32 Å². The zero-order valence-corrected chi connectivity index (χ0v) is 24.1. The first-order valence-corrected chi connectivity index (χ1v) is 15.5. The number of nitrogens with one attached hydrogen (secondary N) is 2. The van der Waals surface area contributed by atoms with E-state index in [1.54, 1.807) is 32.0 Å². The second-order valence-electron chi connectivity index (χ2n) is 10.3. The van der Waals surface area contributed by atoms with Crippen molar-refractivity contribution in [1.82, 2.24) is 9.97 Å². The van der Waals surface area contributed by atoms with E-state index in [0.29, 0.717) is 16.5 Å². The quantitative estimate of drug-likeness (QED) is 0.181. The van der Waals surface area contributed by atoms with Gasteiger partial charge in [0.05, 0.1) is 30.0 Å². The van der Waals surface area contributed by atoms with Crippen molar-refractivity contribution in [2.45, 2.75) is 65.8 Å². The number of ketones is 1. The number of nitrogens with zero attached hydrogens (tertiary/aromatic N) is 1. The number of halogens is 1. The van der Waals surface area contributed by atoms with Gasteiger partial charge >= 0.3 is 5.97 Å². The van der Waals surface area contributed by atoms with Gasteiger partial charge in [0.2, 0.25) is 11.7 Å². The van der Waals surface area contributed by atoms with Gasteiger partial charge in [-0.3, -0.25) is 14.6 Å². The molecule has 10 heteroatoms. The fourth-order valence-corrected chi connectivity index (χ4v) is 4.71. The number of anilines is 1. The van der Waals surface area contributed by atoms with Crippen molar-refractivity contribution < 1.29 is 23.5 Å². The molecule has 1 amide bonds. The lowest BCUT2D eigenvalue weighted by Gasteiger charge is -2.36. The Hall–Kier alpha value is -3.01. The van der Waals surface area contributed by atoms with Crippen molar-refractivity contribution in [3.8, 4) is 0 Å². The lowest BCUT2D eigenvalue weighted by atomic mass is 10.0. The van der Waals surface area contributed by atoms with Gasteiger partial charge in [-0.25, -0.2) is 4.79 Å². The van der Waals surface area contributed by atoms with Crippen LogP contribution in [0.15, 0.2) is 30.5 Å². The summed E-state index contributed by atoms with van der Waals surface area (Å²) in [5, 5.41) is 3.42. The lowest BCUT2D eigenvalue weighted by Crippen LogP contribution is -2.40. The van der Waals surface area contributed by atoms with E-state index in [-0.39, 0.29) is 58.2 Å². The Morgan fingerprint density at radius 1 is 1.16 bits per heavy atom. The fraction of sp³-hybridized carbons (Fsp3) is 0.407. The summed E-state index contributed by atoms with van der Waals surface area (Å²) in [5.74, 6) is -1.37. The first-order chi connectivity index (χ1) is 17.3. The van der Waals surface area contributed by atoms with E-state index in [4.69, 9.17) is 20.8 Å². The van der Waals surface area contributed by atoms with Crippen molar-refractivity contribution in [1.29, 1.82) is 0 Å². The molecule has 0 aliphatic rings. The van der Waals surface area contributed by atoms with Crippen LogP contribution in [-0.2, 0) is 20.6 Å². The number of H-pyrrole nitrogens is 1. The number of benzene rings is 1. The highest BCUT2D eigenvalue weighted by atomic mass is 35.5. The van der Waals surface area contributed by atoms with Crippen LogP contribution in [0.5, 0.6) is 0 Å². The van der Waals surface area contributed by atoms with Crippen molar-refractivity contribution in [3.05, 3.63) is 58.0 Å². The van der Waals surface area contributed by atoms with E-state index in [1.807, 2.05) is 0 Å². The number of carbonyl (C=O) groups excluding carboxylic acids is 3. The summed E-state index contributed by atoms with van der Waals surface area (Å²) in [6.45, 7) is 14.5. The van der Waals surface area contributed by atoms with Crippen LogP contribution in [-0.4, -0.2) is 42.6 Å². The van der Waals surface area contributed by atoms with Gasteiger partial charge in [-0.15, -0.1) is 0 Å². The van der Waals surface area contributed by atoms with Gasteiger partial charge in [-0.2, -0.15) is 0 Å². The van der Waals surface area contributed by atoms with Crippen LogP contribution < -0.4 is 5.32 Å². The summed E-state index contributed by atoms with van der Waals surface area (Å²) in [7, 11) is -2.09. The first-order valence-electron chi connectivity index (χ1n) is 12.3.